The van der Waals surface area contributed by atoms with E-state index in [0.717, 1.165) is 13.0 Å². The molecule has 1 unspecified atom stereocenters. The molecule has 0 saturated heterocycles. The molecule has 0 rings (SSSR count). The maximum atomic E-state index is 11.3. The van der Waals surface area contributed by atoms with Crippen LogP contribution in [0.5, 0.6) is 0 Å². The van der Waals surface area contributed by atoms with Gasteiger partial charge in [-0.3, -0.25) is 4.79 Å². The predicted octanol–water partition coefficient (Wildman–Crippen LogP) is 0.182. The largest absolute Gasteiger partial charge is 0.356 e. The van der Waals surface area contributed by atoms with Crippen LogP contribution in [0.1, 0.15) is 26.7 Å². The first kappa shape index (κ1) is 13.4. The van der Waals surface area contributed by atoms with Crippen molar-refractivity contribution in [1.82, 2.24) is 10.2 Å². The van der Waals surface area contributed by atoms with Crippen LogP contribution < -0.4 is 11.1 Å². The predicted molar refractivity (Wildman–Crippen MR) is 59.1 cm³/mol. The molecule has 0 spiro atoms. The van der Waals surface area contributed by atoms with Crippen LogP contribution in [0, 0.1) is 0 Å². The normalized spacial score (nSPS) is 12.9. The molecule has 0 aromatic heterocycles. The van der Waals surface area contributed by atoms with Gasteiger partial charge in [-0.05, 0) is 26.9 Å². The van der Waals surface area contributed by atoms with Crippen molar-refractivity contribution in [3.05, 3.63) is 0 Å². The van der Waals surface area contributed by atoms with Crippen molar-refractivity contribution in [3.63, 3.8) is 0 Å². The van der Waals surface area contributed by atoms with Gasteiger partial charge in [-0.25, -0.2) is 0 Å². The molecule has 0 fully saturated rings. The van der Waals surface area contributed by atoms with Gasteiger partial charge in [0.2, 0.25) is 5.91 Å². The number of hydrogen-bond donors (Lipinski definition) is 2. The number of nitrogens with two attached hydrogens (primary N) is 1. The average Bonchev–Trinajstić information content (AvgIpc) is 2.15. The van der Waals surface area contributed by atoms with Gasteiger partial charge >= 0.3 is 0 Å². The zero-order valence-corrected chi connectivity index (χ0v) is 9.55. The second-order valence-electron chi connectivity index (χ2n) is 3.53. The Balaban J connectivity index is 3.94. The molecule has 0 aliphatic heterocycles. The standard InChI is InChI=1S/C10H23N3O/c1-4-6-13(3)9(8-11)7-10(14)12-5-2/h9H,4-8,11H2,1-3H3,(H,12,14). The van der Waals surface area contributed by atoms with Crippen molar-refractivity contribution >= 4 is 5.91 Å². The zero-order chi connectivity index (χ0) is 11.0. The van der Waals surface area contributed by atoms with Crippen molar-refractivity contribution in [2.75, 3.05) is 26.7 Å². The van der Waals surface area contributed by atoms with Crippen LogP contribution in [0.25, 0.3) is 0 Å². The minimum atomic E-state index is 0.0888. The second-order valence-corrected chi connectivity index (χ2v) is 3.53. The van der Waals surface area contributed by atoms with Crippen LogP contribution in [-0.2, 0) is 4.79 Å². The number of nitrogens with one attached hydrogen (secondary N) is 1. The molecule has 0 aliphatic rings. The summed E-state index contributed by atoms with van der Waals surface area (Å²) in [4.78, 5) is 13.5. The highest BCUT2D eigenvalue weighted by atomic mass is 16.1. The minimum Gasteiger partial charge on any atom is -0.356 e. The van der Waals surface area contributed by atoms with Crippen molar-refractivity contribution in [2.45, 2.75) is 32.7 Å². The highest BCUT2D eigenvalue weighted by Gasteiger charge is 2.15. The van der Waals surface area contributed by atoms with Crippen LogP contribution in [0.2, 0.25) is 0 Å². The molecule has 4 nitrogen and oxygen atoms in total. The zero-order valence-electron chi connectivity index (χ0n) is 9.55. The van der Waals surface area contributed by atoms with E-state index >= 15 is 0 Å². The number of hydrogen-bond acceptors (Lipinski definition) is 3. The summed E-state index contributed by atoms with van der Waals surface area (Å²) in [5.41, 5.74) is 5.63. The van der Waals surface area contributed by atoms with Crippen molar-refractivity contribution in [3.8, 4) is 0 Å². The molecular weight excluding hydrogens is 178 g/mol. The summed E-state index contributed by atoms with van der Waals surface area (Å²) in [5.74, 6) is 0.0888. The Hall–Kier alpha value is -0.610. The molecule has 0 radical (unpaired) electrons. The Kier molecular flexibility index (Phi) is 7.42. The van der Waals surface area contributed by atoms with Crippen LogP contribution in [0.15, 0.2) is 0 Å². The molecule has 0 bridgehead atoms. The van der Waals surface area contributed by atoms with Gasteiger partial charge in [0.25, 0.3) is 0 Å². The summed E-state index contributed by atoms with van der Waals surface area (Å²) >= 11 is 0. The Bertz CT molecular complexity index is 161. The molecule has 0 aliphatic carbocycles. The summed E-state index contributed by atoms with van der Waals surface area (Å²) in [6.45, 7) is 6.25. The van der Waals surface area contributed by atoms with Gasteiger partial charge in [-0.2, -0.15) is 0 Å². The first-order chi connectivity index (χ1) is 6.65. The van der Waals surface area contributed by atoms with Crippen LogP contribution in [0.3, 0.4) is 0 Å². The molecule has 3 N–H and O–H groups in total. The van der Waals surface area contributed by atoms with Crippen LogP contribution in [0.4, 0.5) is 0 Å². The first-order valence-electron chi connectivity index (χ1n) is 5.32. The van der Waals surface area contributed by atoms with Gasteiger partial charge in [0, 0.05) is 25.6 Å². The van der Waals surface area contributed by atoms with Gasteiger partial charge in [0.15, 0.2) is 0 Å². The summed E-state index contributed by atoms with van der Waals surface area (Å²) in [7, 11) is 2.01. The third-order valence-corrected chi connectivity index (χ3v) is 2.27. The van der Waals surface area contributed by atoms with E-state index in [1.165, 1.54) is 0 Å². The lowest BCUT2D eigenvalue weighted by molar-refractivity contribution is -0.122. The van der Waals surface area contributed by atoms with Gasteiger partial charge in [-0.1, -0.05) is 6.92 Å². The van der Waals surface area contributed by atoms with E-state index in [9.17, 15) is 4.79 Å². The van der Waals surface area contributed by atoms with E-state index in [-0.39, 0.29) is 11.9 Å². The Morgan fingerprint density at radius 2 is 2.14 bits per heavy atom. The molecule has 0 aromatic rings. The van der Waals surface area contributed by atoms with E-state index < -0.39 is 0 Å². The monoisotopic (exact) mass is 201 g/mol. The quantitative estimate of drug-likeness (QED) is 0.618. The van der Waals surface area contributed by atoms with E-state index in [1.807, 2.05) is 14.0 Å². The number of amides is 1. The number of likely N-dealkylation sites (N-methyl/N-ethyl adjacent to an activating group) is 1. The number of nitrogens with zero attached hydrogens (tertiary/aromatic N) is 1. The topological polar surface area (TPSA) is 58.4 Å². The van der Waals surface area contributed by atoms with Gasteiger partial charge in [-0.15, -0.1) is 0 Å². The fourth-order valence-corrected chi connectivity index (χ4v) is 1.44. The maximum absolute atomic E-state index is 11.3. The average molecular weight is 201 g/mol. The summed E-state index contributed by atoms with van der Waals surface area (Å²) in [6, 6.07) is 0.168. The third-order valence-electron chi connectivity index (χ3n) is 2.27. The molecule has 4 heteroatoms. The van der Waals surface area contributed by atoms with E-state index in [0.29, 0.717) is 19.5 Å². The summed E-state index contributed by atoms with van der Waals surface area (Å²) in [6.07, 6.45) is 1.59. The molecule has 0 heterocycles. The molecule has 1 atom stereocenters. The van der Waals surface area contributed by atoms with Crippen LogP contribution in [-0.4, -0.2) is 43.5 Å². The summed E-state index contributed by atoms with van der Waals surface area (Å²) in [5, 5.41) is 2.79. The van der Waals surface area contributed by atoms with Gasteiger partial charge in [0.1, 0.15) is 0 Å². The Morgan fingerprint density at radius 3 is 2.57 bits per heavy atom. The maximum Gasteiger partial charge on any atom is 0.221 e. The Labute approximate surface area is 86.8 Å². The molecule has 0 saturated carbocycles. The lowest BCUT2D eigenvalue weighted by atomic mass is 10.1. The third kappa shape index (κ3) is 5.19. The van der Waals surface area contributed by atoms with Gasteiger partial charge in [0.05, 0.1) is 0 Å². The van der Waals surface area contributed by atoms with Crippen molar-refractivity contribution in [1.29, 1.82) is 0 Å². The van der Waals surface area contributed by atoms with E-state index in [1.54, 1.807) is 0 Å². The van der Waals surface area contributed by atoms with E-state index in [2.05, 4.69) is 17.1 Å². The number of carbonyl (C=O) groups is 1. The first-order valence-corrected chi connectivity index (χ1v) is 5.32. The fourth-order valence-electron chi connectivity index (χ4n) is 1.44. The van der Waals surface area contributed by atoms with Gasteiger partial charge < -0.3 is 16.0 Å². The molecule has 14 heavy (non-hydrogen) atoms. The number of rotatable bonds is 7. The highest BCUT2D eigenvalue weighted by molar-refractivity contribution is 5.76. The molecule has 0 aromatic carbocycles. The van der Waals surface area contributed by atoms with Crippen molar-refractivity contribution < 1.29 is 4.79 Å². The highest BCUT2D eigenvalue weighted by Crippen LogP contribution is 2.01. The fraction of sp³-hybridized carbons (Fsp3) is 0.900. The molecule has 1 amide bonds. The molecular formula is C10H23N3O. The van der Waals surface area contributed by atoms with Crippen LogP contribution >= 0.6 is 0 Å². The SMILES string of the molecule is CCCN(C)C(CN)CC(=O)NCC. The molecule has 84 valence electrons. The smallest absolute Gasteiger partial charge is 0.221 e. The Morgan fingerprint density at radius 1 is 1.50 bits per heavy atom. The number of carbonyl (C=O) groups excluding carboxylic acids is 1. The minimum absolute atomic E-state index is 0.0888. The van der Waals surface area contributed by atoms with Crippen molar-refractivity contribution in [2.24, 2.45) is 5.73 Å². The second kappa shape index (κ2) is 7.76. The summed E-state index contributed by atoms with van der Waals surface area (Å²) < 4.78 is 0. The lowest BCUT2D eigenvalue weighted by Crippen LogP contribution is -2.42. The lowest BCUT2D eigenvalue weighted by Gasteiger charge is -2.25. The van der Waals surface area contributed by atoms with E-state index in [4.69, 9.17) is 5.73 Å².